The maximum Gasteiger partial charge on any atom is 0.433 e. The molecule has 0 bridgehead atoms. The molecule has 0 fully saturated rings. The molecule has 2 rings (SSSR count). The van der Waals surface area contributed by atoms with Crippen molar-refractivity contribution in [1.82, 2.24) is 14.7 Å². The first-order chi connectivity index (χ1) is 10.4. The highest BCUT2D eigenvalue weighted by molar-refractivity contribution is 6.31. The van der Waals surface area contributed by atoms with Crippen LogP contribution in [0.15, 0.2) is 28.8 Å². The molecule has 0 saturated heterocycles. The van der Waals surface area contributed by atoms with Crippen LogP contribution < -0.4 is 0 Å². The van der Waals surface area contributed by atoms with Crippen LogP contribution in [0.25, 0.3) is 6.08 Å². The van der Waals surface area contributed by atoms with Gasteiger partial charge < -0.3 is 9.32 Å². The van der Waals surface area contributed by atoms with Gasteiger partial charge in [0, 0.05) is 20.2 Å². The van der Waals surface area contributed by atoms with Crippen LogP contribution in [0.1, 0.15) is 11.5 Å². The van der Waals surface area contributed by atoms with E-state index < -0.39 is 4.92 Å². The molecule has 1 amide bonds. The number of amides is 1. The monoisotopic (exact) mass is 324 g/mol. The molecule has 0 saturated carbocycles. The van der Waals surface area contributed by atoms with E-state index in [4.69, 9.17) is 16.0 Å². The molecule has 0 aromatic carbocycles. The number of nitro groups is 1. The van der Waals surface area contributed by atoms with Gasteiger partial charge in [-0.25, -0.2) is 0 Å². The number of furan rings is 1. The van der Waals surface area contributed by atoms with Crippen molar-refractivity contribution in [2.45, 2.75) is 6.54 Å². The summed E-state index contributed by atoms with van der Waals surface area (Å²) < 4.78 is 6.52. The van der Waals surface area contributed by atoms with Gasteiger partial charge in [-0.3, -0.25) is 19.6 Å². The molecule has 2 aromatic rings. The molecular formula is C13H13ClN4O4. The first kappa shape index (κ1) is 15.8. The molecule has 9 heteroatoms. The second-order valence-electron chi connectivity index (χ2n) is 4.52. The van der Waals surface area contributed by atoms with Gasteiger partial charge in [0.15, 0.2) is 0 Å². The van der Waals surface area contributed by atoms with Crippen LogP contribution in [0.2, 0.25) is 5.02 Å². The smallest absolute Gasteiger partial charge is 0.401 e. The van der Waals surface area contributed by atoms with Crippen molar-refractivity contribution in [2.24, 2.45) is 7.05 Å². The minimum atomic E-state index is -0.643. The Bertz CT molecular complexity index is 715. The number of nitrogens with zero attached hydrogens (tertiary/aromatic N) is 4. The van der Waals surface area contributed by atoms with E-state index in [9.17, 15) is 14.9 Å². The standard InChI is InChI=1S/C13H13ClN4O4/c1-16(8-11-10(14)7-15-17(11)2)12(19)5-3-9-4-6-13(22-9)18(20)21/h3-7H,8H2,1-2H3/b5-3+. The molecule has 2 heterocycles. The molecule has 0 aliphatic rings. The molecule has 2 aromatic heterocycles. The lowest BCUT2D eigenvalue weighted by molar-refractivity contribution is -0.402. The maximum absolute atomic E-state index is 12.0. The van der Waals surface area contributed by atoms with Gasteiger partial charge in [0.25, 0.3) is 0 Å². The highest BCUT2D eigenvalue weighted by Crippen LogP contribution is 2.18. The van der Waals surface area contributed by atoms with E-state index in [1.165, 1.54) is 35.4 Å². The van der Waals surface area contributed by atoms with E-state index in [0.29, 0.717) is 10.7 Å². The lowest BCUT2D eigenvalue weighted by Crippen LogP contribution is -2.25. The lowest BCUT2D eigenvalue weighted by atomic mass is 10.3. The molecule has 0 aliphatic carbocycles. The molecule has 0 aliphatic heterocycles. The molecule has 22 heavy (non-hydrogen) atoms. The zero-order chi connectivity index (χ0) is 16.3. The normalized spacial score (nSPS) is 11.0. The van der Waals surface area contributed by atoms with Crippen molar-refractivity contribution in [2.75, 3.05) is 7.05 Å². The number of carbonyl (C=O) groups is 1. The molecule has 0 radical (unpaired) electrons. The fourth-order valence-corrected chi connectivity index (χ4v) is 1.95. The van der Waals surface area contributed by atoms with Crippen LogP contribution >= 0.6 is 11.6 Å². The summed E-state index contributed by atoms with van der Waals surface area (Å²) in [7, 11) is 3.35. The first-order valence-electron chi connectivity index (χ1n) is 6.22. The summed E-state index contributed by atoms with van der Waals surface area (Å²) in [6, 6.07) is 2.64. The Morgan fingerprint density at radius 1 is 1.59 bits per heavy atom. The lowest BCUT2D eigenvalue weighted by Gasteiger charge is -2.15. The molecule has 116 valence electrons. The van der Waals surface area contributed by atoms with Crippen molar-refractivity contribution in [1.29, 1.82) is 0 Å². The number of halogens is 1. The summed E-state index contributed by atoms with van der Waals surface area (Å²) in [5, 5.41) is 15.0. The van der Waals surface area contributed by atoms with Crippen molar-refractivity contribution < 1.29 is 14.1 Å². The van der Waals surface area contributed by atoms with Gasteiger partial charge in [-0.2, -0.15) is 5.10 Å². The van der Waals surface area contributed by atoms with Crippen LogP contribution in [0.4, 0.5) is 5.88 Å². The summed E-state index contributed by atoms with van der Waals surface area (Å²) in [6.07, 6.45) is 4.15. The minimum absolute atomic E-state index is 0.229. The molecule has 0 unspecified atom stereocenters. The Kier molecular flexibility index (Phi) is 4.62. The van der Waals surface area contributed by atoms with Crippen molar-refractivity contribution in [3.05, 3.63) is 51.0 Å². The van der Waals surface area contributed by atoms with Crippen LogP contribution in [-0.4, -0.2) is 32.6 Å². The zero-order valence-corrected chi connectivity index (χ0v) is 12.6. The average molecular weight is 325 g/mol. The second-order valence-corrected chi connectivity index (χ2v) is 4.93. The van der Waals surface area contributed by atoms with E-state index in [1.807, 2.05) is 0 Å². The summed E-state index contributed by atoms with van der Waals surface area (Å²) >= 11 is 5.98. The van der Waals surface area contributed by atoms with Crippen molar-refractivity contribution in [3.63, 3.8) is 0 Å². The van der Waals surface area contributed by atoms with Crippen molar-refractivity contribution in [3.8, 4) is 0 Å². The van der Waals surface area contributed by atoms with Crippen LogP contribution in [0.5, 0.6) is 0 Å². The molecule has 0 atom stereocenters. The van der Waals surface area contributed by atoms with Gasteiger partial charge in [-0.15, -0.1) is 0 Å². The quantitative estimate of drug-likeness (QED) is 0.477. The number of rotatable bonds is 5. The number of carbonyl (C=O) groups excluding carboxylic acids is 1. The maximum atomic E-state index is 12.0. The second kappa shape index (κ2) is 6.44. The van der Waals surface area contributed by atoms with Gasteiger partial charge in [0.1, 0.15) is 10.7 Å². The Labute approximate surface area is 130 Å². The predicted octanol–water partition coefficient (Wildman–Crippen LogP) is 2.25. The van der Waals surface area contributed by atoms with Crippen LogP contribution in [-0.2, 0) is 18.4 Å². The third kappa shape index (κ3) is 3.53. The van der Waals surface area contributed by atoms with Gasteiger partial charge >= 0.3 is 5.88 Å². The number of aromatic nitrogens is 2. The Hall–Kier alpha value is -2.61. The summed E-state index contributed by atoms with van der Waals surface area (Å²) in [5.74, 6) is -0.439. The summed E-state index contributed by atoms with van der Waals surface area (Å²) in [5.41, 5.74) is 0.708. The molecule has 0 spiro atoms. The van der Waals surface area contributed by atoms with E-state index >= 15 is 0 Å². The fourth-order valence-electron chi connectivity index (χ4n) is 1.73. The Balaban J connectivity index is 2.01. The van der Waals surface area contributed by atoms with E-state index in [2.05, 4.69) is 5.10 Å². The van der Waals surface area contributed by atoms with Gasteiger partial charge in [-0.1, -0.05) is 11.6 Å². The van der Waals surface area contributed by atoms with Crippen LogP contribution in [0.3, 0.4) is 0 Å². The Morgan fingerprint density at radius 2 is 2.32 bits per heavy atom. The fraction of sp³-hybridized carbons (Fsp3) is 0.231. The topological polar surface area (TPSA) is 94.4 Å². The largest absolute Gasteiger partial charge is 0.433 e. The predicted molar refractivity (Wildman–Crippen MR) is 79.1 cm³/mol. The SMILES string of the molecule is CN(Cc1c(Cl)cnn1C)C(=O)/C=C/c1ccc([N+](=O)[O-])o1. The average Bonchev–Trinajstić information content (AvgIpc) is 3.06. The van der Waals surface area contributed by atoms with Gasteiger partial charge in [0.2, 0.25) is 5.91 Å². The third-order valence-electron chi connectivity index (χ3n) is 2.96. The highest BCUT2D eigenvalue weighted by Gasteiger charge is 2.13. The van der Waals surface area contributed by atoms with E-state index in [0.717, 1.165) is 0 Å². The molecule has 8 nitrogen and oxygen atoms in total. The van der Waals surface area contributed by atoms with Gasteiger partial charge in [-0.05, 0) is 12.1 Å². The summed E-state index contributed by atoms with van der Waals surface area (Å²) in [6.45, 7) is 0.289. The number of aryl methyl sites for hydroxylation is 1. The molecule has 0 N–H and O–H groups in total. The van der Waals surface area contributed by atoms with Crippen molar-refractivity contribution >= 4 is 29.5 Å². The van der Waals surface area contributed by atoms with Crippen LogP contribution in [0, 0.1) is 10.1 Å². The zero-order valence-electron chi connectivity index (χ0n) is 11.9. The highest BCUT2D eigenvalue weighted by atomic mass is 35.5. The number of hydrogen-bond donors (Lipinski definition) is 0. The first-order valence-corrected chi connectivity index (χ1v) is 6.60. The number of likely N-dealkylation sites (N-methyl/N-ethyl adjacent to an activating group) is 1. The van der Waals surface area contributed by atoms with E-state index in [-0.39, 0.29) is 24.1 Å². The van der Waals surface area contributed by atoms with E-state index in [1.54, 1.807) is 18.8 Å². The minimum Gasteiger partial charge on any atom is -0.401 e. The molecular weight excluding hydrogens is 312 g/mol. The summed E-state index contributed by atoms with van der Waals surface area (Å²) in [4.78, 5) is 23.3. The van der Waals surface area contributed by atoms with Gasteiger partial charge in [0.05, 0.1) is 29.5 Å². The number of hydrogen-bond acceptors (Lipinski definition) is 5. The third-order valence-corrected chi connectivity index (χ3v) is 3.27. The Morgan fingerprint density at radius 3 is 2.86 bits per heavy atom.